The third-order valence-corrected chi connectivity index (χ3v) is 3.18. The molecule has 2 rings (SSSR count). The zero-order chi connectivity index (χ0) is 10.5. The molecule has 0 radical (unpaired) electrons. The van der Waals surface area contributed by atoms with Gasteiger partial charge in [0, 0.05) is 0 Å². The standard InChI is InChI=1S/C14H19N/c1-12(14-5-3-2-4-6-14)11-13-7-9-15-10-8-13/h2-6,13,15H,1,7-11H2. The van der Waals surface area contributed by atoms with Crippen LogP contribution in [0.4, 0.5) is 0 Å². The molecule has 0 saturated carbocycles. The van der Waals surface area contributed by atoms with E-state index in [0.717, 1.165) is 12.3 Å². The third-order valence-electron chi connectivity index (χ3n) is 3.18. The second kappa shape index (κ2) is 5.13. The van der Waals surface area contributed by atoms with Gasteiger partial charge in [0.25, 0.3) is 0 Å². The Kier molecular flexibility index (Phi) is 3.57. The van der Waals surface area contributed by atoms with E-state index >= 15 is 0 Å². The summed E-state index contributed by atoms with van der Waals surface area (Å²) in [5.41, 5.74) is 2.60. The molecule has 1 fully saturated rings. The molecule has 1 aromatic rings. The van der Waals surface area contributed by atoms with Gasteiger partial charge in [0.1, 0.15) is 0 Å². The van der Waals surface area contributed by atoms with Gasteiger partial charge >= 0.3 is 0 Å². The summed E-state index contributed by atoms with van der Waals surface area (Å²) in [6.45, 7) is 6.55. The van der Waals surface area contributed by atoms with Crippen LogP contribution in [0.25, 0.3) is 5.57 Å². The van der Waals surface area contributed by atoms with Gasteiger partial charge < -0.3 is 5.32 Å². The predicted octanol–water partition coefficient (Wildman–Crippen LogP) is 3.09. The molecule has 1 heteroatoms. The lowest BCUT2D eigenvalue weighted by Gasteiger charge is -2.23. The lowest BCUT2D eigenvalue weighted by Crippen LogP contribution is -2.27. The fourth-order valence-electron chi connectivity index (χ4n) is 2.23. The molecule has 0 atom stereocenters. The number of nitrogens with one attached hydrogen (secondary N) is 1. The molecule has 80 valence electrons. The first kappa shape index (κ1) is 10.4. The summed E-state index contributed by atoms with van der Waals surface area (Å²) in [6, 6.07) is 10.5. The van der Waals surface area contributed by atoms with Gasteiger partial charge in [-0.3, -0.25) is 0 Å². The Morgan fingerprint density at radius 1 is 1.20 bits per heavy atom. The van der Waals surface area contributed by atoms with Crippen molar-refractivity contribution >= 4 is 5.57 Å². The van der Waals surface area contributed by atoms with Crippen LogP contribution in [0.15, 0.2) is 36.9 Å². The molecule has 0 amide bonds. The van der Waals surface area contributed by atoms with E-state index in [1.54, 1.807) is 0 Å². The van der Waals surface area contributed by atoms with Crippen LogP contribution in [-0.4, -0.2) is 13.1 Å². The van der Waals surface area contributed by atoms with E-state index in [2.05, 4.69) is 42.2 Å². The topological polar surface area (TPSA) is 12.0 Å². The van der Waals surface area contributed by atoms with Gasteiger partial charge in [-0.05, 0) is 49.4 Å². The highest BCUT2D eigenvalue weighted by molar-refractivity contribution is 5.63. The molecule has 0 aliphatic carbocycles. The number of allylic oxidation sites excluding steroid dienone is 1. The van der Waals surface area contributed by atoms with Crippen LogP contribution in [0.5, 0.6) is 0 Å². The van der Waals surface area contributed by atoms with Gasteiger partial charge in [0.05, 0.1) is 0 Å². The Balaban J connectivity index is 1.91. The van der Waals surface area contributed by atoms with E-state index in [9.17, 15) is 0 Å². The highest BCUT2D eigenvalue weighted by atomic mass is 14.9. The van der Waals surface area contributed by atoms with Gasteiger partial charge in [-0.1, -0.05) is 36.9 Å². The molecule has 15 heavy (non-hydrogen) atoms. The molecule has 1 heterocycles. The number of piperidine rings is 1. The largest absolute Gasteiger partial charge is 0.317 e. The normalized spacial score (nSPS) is 17.6. The molecule has 1 N–H and O–H groups in total. The van der Waals surface area contributed by atoms with Gasteiger partial charge in [-0.25, -0.2) is 0 Å². The molecular weight excluding hydrogens is 182 g/mol. The maximum atomic E-state index is 4.20. The van der Waals surface area contributed by atoms with Crippen molar-refractivity contribution in [3.8, 4) is 0 Å². The van der Waals surface area contributed by atoms with Gasteiger partial charge in [-0.2, -0.15) is 0 Å². The van der Waals surface area contributed by atoms with E-state index in [0.29, 0.717) is 0 Å². The lowest BCUT2D eigenvalue weighted by molar-refractivity contribution is 0.381. The molecule has 1 aromatic carbocycles. The van der Waals surface area contributed by atoms with Crippen molar-refractivity contribution in [1.82, 2.24) is 5.32 Å². The SMILES string of the molecule is C=C(CC1CCNCC1)c1ccccc1. The van der Waals surface area contributed by atoms with Crippen LogP contribution in [0, 0.1) is 5.92 Å². The Hall–Kier alpha value is -1.08. The third kappa shape index (κ3) is 2.93. The summed E-state index contributed by atoms with van der Waals surface area (Å²) < 4.78 is 0. The molecular formula is C14H19N. The number of hydrogen-bond acceptors (Lipinski definition) is 1. The van der Waals surface area contributed by atoms with Crippen molar-refractivity contribution in [2.45, 2.75) is 19.3 Å². The fraction of sp³-hybridized carbons (Fsp3) is 0.429. The Morgan fingerprint density at radius 2 is 1.87 bits per heavy atom. The van der Waals surface area contributed by atoms with Crippen molar-refractivity contribution in [3.05, 3.63) is 42.5 Å². The summed E-state index contributed by atoms with van der Waals surface area (Å²) in [4.78, 5) is 0. The van der Waals surface area contributed by atoms with Crippen molar-refractivity contribution in [2.24, 2.45) is 5.92 Å². The Labute approximate surface area is 92.2 Å². The molecule has 0 unspecified atom stereocenters. The van der Waals surface area contributed by atoms with E-state index in [4.69, 9.17) is 0 Å². The minimum atomic E-state index is 0.832. The first-order chi connectivity index (χ1) is 7.36. The smallest absolute Gasteiger partial charge is 0.00462 e. The predicted molar refractivity (Wildman–Crippen MR) is 65.7 cm³/mol. The molecule has 0 bridgehead atoms. The van der Waals surface area contributed by atoms with Crippen LogP contribution in [-0.2, 0) is 0 Å². The van der Waals surface area contributed by atoms with Gasteiger partial charge in [0.15, 0.2) is 0 Å². The summed E-state index contributed by atoms with van der Waals surface area (Å²) in [5.74, 6) is 0.832. The van der Waals surface area contributed by atoms with Crippen LogP contribution in [0.1, 0.15) is 24.8 Å². The first-order valence-corrected chi connectivity index (χ1v) is 5.80. The van der Waals surface area contributed by atoms with Gasteiger partial charge in [0.2, 0.25) is 0 Å². The maximum absolute atomic E-state index is 4.20. The summed E-state index contributed by atoms with van der Waals surface area (Å²) in [6.07, 6.45) is 3.75. The second-order valence-electron chi connectivity index (χ2n) is 4.37. The first-order valence-electron chi connectivity index (χ1n) is 5.80. The van der Waals surface area contributed by atoms with Crippen LogP contribution < -0.4 is 5.32 Å². The van der Waals surface area contributed by atoms with Crippen molar-refractivity contribution < 1.29 is 0 Å². The van der Waals surface area contributed by atoms with E-state index in [1.807, 2.05) is 0 Å². The summed E-state index contributed by atoms with van der Waals surface area (Å²) in [7, 11) is 0. The summed E-state index contributed by atoms with van der Waals surface area (Å²) in [5, 5.41) is 3.40. The Morgan fingerprint density at radius 3 is 2.53 bits per heavy atom. The van der Waals surface area contributed by atoms with Crippen molar-refractivity contribution in [1.29, 1.82) is 0 Å². The number of rotatable bonds is 3. The van der Waals surface area contributed by atoms with E-state index in [1.165, 1.54) is 37.1 Å². The quantitative estimate of drug-likeness (QED) is 0.792. The molecule has 0 aromatic heterocycles. The zero-order valence-corrected chi connectivity index (χ0v) is 9.21. The van der Waals surface area contributed by atoms with Crippen LogP contribution in [0.2, 0.25) is 0 Å². The van der Waals surface area contributed by atoms with Gasteiger partial charge in [-0.15, -0.1) is 0 Å². The minimum absolute atomic E-state index is 0.832. The van der Waals surface area contributed by atoms with Crippen LogP contribution >= 0.6 is 0 Å². The van der Waals surface area contributed by atoms with Crippen molar-refractivity contribution in [3.63, 3.8) is 0 Å². The molecule has 1 aliphatic heterocycles. The number of hydrogen-bond donors (Lipinski definition) is 1. The maximum Gasteiger partial charge on any atom is -0.00462 e. The van der Waals surface area contributed by atoms with E-state index < -0.39 is 0 Å². The van der Waals surface area contributed by atoms with E-state index in [-0.39, 0.29) is 0 Å². The molecule has 1 aliphatic rings. The summed E-state index contributed by atoms with van der Waals surface area (Å²) >= 11 is 0. The average molecular weight is 201 g/mol. The minimum Gasteiger partial charge on any atom is -0.317 e. The highest BCUT2D eigenvalue weighted by Gasteiger charge is 2.14. The average Bonchev–Trinajstić information content (AvgIpc) is 2.31. The second-order valence-corrected chi connectivity index (χ2v) is 4.37. The zero-order valence-electron chi connectivity index (χ0n) is 9.21. The van der Waals surface area contributed by atoms with Crippen LogP contribution in [0.3, 0.4) is 0 Å². The Bertz CT molecular complexity index is 309. The number of benzene rings is 1. The monoisotopic (exact) mass is 201 g/mol. The molecule has 0 spiro atoms. The molecule has 1 nitrogen and oxygen atoms in total. The fourth-order valence-corrected chi connectivity index (χ4v) is 2.23. The lowest BCUT2D eigenvalue weighted by atomic mass is 9.89. The highest BCUT2D eigenvalue weighted by Crippen LogP contribution is 2.25. The molecule has 1 saturated heterocycles. The van der Waals surface area contributed by atoms with Crippen molar-refractivity contribution in [2.75, 3.05) is 13.1 Å².